The maximum absolute atomic E-state index is 2.53. The Morgan fingerprint density at radius 3 is 2.58 bits per heavy atom. The van der Waals surface area contributed by atoms with Gasteiger partial charge in [-0.2, -0.15) is 0 Å². The van der Waals surface area contributed by atoms with E-state index in [0.717, 1.165) is 17.9 Å². The van der Waals surface area contributed by atoms with Crippen molar-refractivity contribution in [2.24, 2.45) is 11.8 Å². The van der Waals surface area contributed by atoms with Crippen LogP contribution in [0.4, 0.5) is 0 Å². The van der Waals surface area contributed by atoms with Crippen LogP contribution in [0.1, 0.15) is 13.3 Å². The number of hydrogen-bond acceptors (Lipinski definition) is 2. The van der Waals surface area contributed by atoms with Gasteiger partial charge in [0.2, 0.25) is 0 Å². The maximum Gasteiger partial charge on any atom is 0.0105 e. The average Bonchev–Trinajstić information content (AvgIpc) is 1.99. The molecule has 0 aromatic rings. The highest BCUT2D eigenvalue weighted by Gasteiger charge is 2.35. The van der Waals surface area contributed by atoms with Crippen molar-refractivity contribution in [3.8, 4) is 0 Å². The van der Waals surface area contributed by atoms with Gasteiger partial charge in [-0.15, -0.1) is 0 Å². The molecule has 0 saturated carbocycles. The molecule has 0 aromatic heterocycles. The minimum absolute atomic E-state index is 0.795. The van der Waals surface area contributed by atoms with E-state index in [1.807, 2.05) is 0 Å². The quantitative estimate of drug-likeness (QED) is 0.530. The lowest BCUT2D eigenvalue weighted by atomic mass is 9.80. The van der Waals surface area contributed by atoms with Gasteiger partial charge < -0.3 is 9.80 Å². The SMILES string of the molecule is C[C@@H]1[C@H]2C[C@H](CN(C)C2)CN1C. The lowest BCUT2D eigenvalue weighted by molar-refractivity contribution is 0.0164. The molecule has 0 N–H and O–H groups in total. The van der Waals surface area contributed by atoms with Crippen LogP contribution in [0.5, 0.6) is 0 Å². The Morgan fingerprint density at radius 1 is 1.08 bits per heavy atom. The Bertz CT molecular complexity index is 165. The van der Waals surface area contributed by atoms with Crippen molar-refractivity contribution in [1.29, 1.82) is 0 Å². The molecule has 2 heteroatoms. The second-order valence-electron chi connectivity index (χ2n) is 4.76. The summed E-state index contributed by atoms with van der Waals surface area (Å²) in [5.74, 6) is 1.86. The summed E-state index contributed by atoms with van der Waals surface area (Å²) in [5, 5.41) is 0. The summed E-state index contributed by atoms with van der Waals surface area (Å²) in [5.41, 5.74) is 0. The van der Waals surface area contributed by atoms with Gasteiger partial charge in [0, 0.05) is 25.7 Å². The van der Waals surface area contributed by atoms with Crippen LogP contribution >= 0.6 is 0 Å². The minimum Gasteiger partial charge on any atom is -0.306 e. The van der Waals surface area contributed by atoms with Crippen molar-refractivity contribution in [3.05, 3.63) is 0 Å². The molecule has 2 bridgehead atoms. The highest BCUT2D eigenvalue weighted by molar-refractivity contribution is 4.90. The van der Waals surface area contributed by atoms with Gasteiger partial charge in [0.1, 0.15) is 0 Å². The third-order valence-electron chi connectivity index (χ3n) is 3.68. The molecule has 12 heavy (non-hydrogen) atoms. The Hall–Kier alpha value is -0.0800. The summed E-state index contributed by atoms with van der Waals surface area (Å²) in [7, 11) is 4.53. The number of rotatable bonds is 0. The van der Waals surface area contributed by atoms with Gasteiger partial charge in [0.15, 0.2) is 0 Å². The topological polar surface area (TPSA) is 6.48 Å². The molecular weight excluding hydrogens is 148 g/mol. The van der Waals surface area contributed by atoms with Crippen molar-refractivity contribution < 1.29 is 0 Å². The zero-order chi connectivity index (χ0) is 8.72. The van der Waals surface area contributed by atoms with E-state index in [0.29, 0.717) is 0 Å². The van der Waals surface area contributed by atoms with E-state index < -0.39 is 0 Å². The van der Waals surface area contributed by atoms with Crippen LogP contribution in [0.2, 0.25) is 0 Å². The second-order valence-corrected chi connectivity index (χ2v) is 4.76. The minimum atomic E-state index is 0.795. The van der Waals surface area contributed by atoms with Gasteiger partial charge in [-0.25, -0.2) is 0 Å². The summed E-state index contributed by atoms with van der Waals surface area (Å²) in [6.07, 6.45) is 1.47. The third-order valence-corrected chi connectivity index (χ3v) is 3.68. The lowest BCUT2D eigenvalue weighted by Crippen LogP contribution is -2.54. The van der Waals surface area contributed by atoms with E-state index in [1.165, 1.54) is 26.1 Å². The van der Waals surface area contributed by atoms with Gasteiger partial charge in [-0.05, 0) is 39.3 Å². The standard InChI is InChI=1S/C10H20N2/c1-8-10-4-9(6-12(8)3)5-11(2)7-10/h8-10H,4-7H2,1-3H3/t8-,9-,10+/m1/s1. The molecule has 3 atom stereocenters. The molecule has 2 aliphatic heterocycles. The number of fused-ring (bicyclic) bond motifs is 2. The van der Waals surface area contributed by atoms with Crippen molar-refractivity contribution in [1.82, 2.24) is 9.80 Å². The monoisotopic (exact) mass is 168 g/mol. The van der Waals surface area contributed by atoms with E-state index in [4.69, 9.17) is 0 Å². The average molecular weight is 168 g/mol. The van der Waals surface area contributed by atoms with Crippen molar-refractivity contribution in [2.45, 2.75) is 19.4 Å². The van der Waals surface area contributed by atoms with Crippen LogP contribution in [0, 0.1) is 11.8 Å². The molecule has 0 unspecified atom stereocenters. The summed E-state index contributed by atoms with van der Waals surface area (Å²) in [6.45, 7) is 6.30. The van der Waals surface area contributed by atoms with Gasteiger partial charge in [-0.1, -0.05) is 0 Å². The Morgan fingerprint density at radius 2 is 1.83 bits per heavy atom. The molecular formula is C10H20N2. The molecule has 2 aliphatic rings. The van der Waals surface area contributed by atoms with Gasteiger partial charge in [-0.3, -0.25) is 0 Å². The van der Waals surface area contributed by atoms with Crippen molar-refractivity contribution >= 4 is 0 Å². The van der Waals surface area contributed by atoms with Crippen LogP contribution in [-0.4, -0.2) is 49.6 Å². The van der Waals surface area contributed by atoms with E-state index in [-0.39, 0.29) is 0 Å². The van der Waals surface area contributed by atoms with E-state index in [9.17, 15) is 0 Å². The highest BCUT2D eigenvalue weighted by atomic mass is 15.2. The van der Waals surface area contributed by atoms with Crippen LogP contribution in [0.3, 0.4) is 0 Å². The van der Waals surface area contributed by atoms with E-state index >= 15 is 0 Å². The molecule has 0 aromatic carbocycles. The number of likely N-dealkylation sites (tertiary alicyclic amines) is 2. The van der Waals surface area contributed by atoms with Gasteiger partial charge in [0.25, 0.3) is 0 Å². The molecule has 2 heterocycles. The molecule has 0 spiro atoms. The number of piperidine rings is 2. The molecule has 2 saturated heterocycles. The molecule has 2 rings (SSSR count). The Kier molecular flexibility index (Phi) is 2.13. The first kappa shape index (κ1) is 8.52. The third kappa shape index (κ3) is 1.38. The number of nitrogens with zero attached hydrogens (tertiary/aromatic N) is 2. The molecule has 0 radical (unpaired) electrons. The first-order valence-corrected chi connectivity index (χ1v) is 5.05. The van der Waals surface area contributed by atoms with Crippen LogP contribution < -0.4 is 0 Å². The highest BCUT2D eigenvalue weighted by Crippen LogP contribution is 2.31. The fraction of sp³-hybridized carbons (Fsp3) is 1.00. The van der Waals surface area contributed by atoms with Gasteiger partial charge >= 0.3 is 0 Å². The van der Waals surface area contributed by atoms with Crippen molar-refractivity contribution in [3.63, 3.8) is 0 Å². The fourth-order valence-electron chi connectivity index (χ4n) is 2.91. The van der Waals surface area contributed by atoms with Crippen molar-refractivity contribution in [2.75, 3.05) is 33.7 Å². The molecule has 2 nitrogen and oxygen atoms in total. The Labute approximate surface area is 75.5 Å². The largest absolute Gasteiger partial charge is 0.306 e. The van der Waals surface area contributed by atoms with Gasteiger partial charge in [0.05, 0.1) is 0 Å². The Balaban J connectivity index is 2.07. The van der Waals surface area contributed by atoms with E-state index in [1.54, 1.807) is 0 Å². The fourth-order valence-corrected chi connectivity index (χ4v) is 2.91. The molecule has 0 amide bonds. The van der Waals surface area contributed by atoms with Crippen LogP contribution in [0.15, 0.2) is 0 Å². The van der Waals surface area contributed by atoms with E-state index in [2.05, 4.69) is 30.8 Å². The lowest BCUT2D eigenvalue weighted by Gasteiger charge is -2.47. The summed E-state index contributed by atoms with van der Waals surface area (Å²) >= 11 is 0. The first-order chi connectivity index (χ1) is 5.66. The number of hydrogen-bond donors (Lipinski definition) is 0. The summed E-state index contributed by atoms with van der Waals surface area (Å²) in [4.78, 5) is 5.04. The van der Waals surface area contributed by atoms with Crippen LogP contribution in [0.25, 0.3) is 0 Å². The predicted octanol–water partition coefficient (Wildman–Crippen LogP) is 0.888. The smallest absolute Gasteiger partial charge is 0.0105 e. The normalized spacial score (nSPS) is 44.8. The summed E-state index contributed by atoms with van der Waals surface area (Å²) < 4.78 is 0. The zero-order valence-electron chi connectivity index (χ0n) is 8.45. The molecule has 0 aliphatic carbocycles. The predicted molar refractivity (Wildman–Crippen MR) is 51.2 cm³/mol. The zero-order valence-corrected chi connectivity index (χ0v) is 8.45. The second kappa shape index (κ2) is 3.00. The molecule has 70 valence electrons. The maximum atomic E-state index is 2.53. The summed E-state index contributed by atoms with van der Waals surface area (Å²) in [6, 6.07) is 0.795. The van der Waals surface area contributed by atoms with Crippen LogP contribution in [-0.2, 0) is 0 Å². The first-order valence-electron chi connectivity index (χ1n) is 5.05. The molecule has 2 fully saturated rings.